The molecule has 0 aliphatic carbocycles. The SMILES string of the molecule is CC[Si](CCCC[Si](CC)(OC(C)C)OC(C)C)(OC(C)C)OC(C)C. The second kappa shape index (κ2) is 12.7. The monoisotopic (exact) mass is 406 g/mol. The van der Waals surface area contributed by atoms with E-state index in [9.17, 15) is 0 Å². The van der Waals surface area contributed by atoms with E-state index in [0.29, 0.717) is 0 Å². The van der Waals surface area contributed by atoms with Gasteiger partial charge in [0.05, 0.1) is 0 Å². The fourth-order valence-corrected chi connectivity index (χ4v) is 10.5. The zero-order chi connectivity index (χ0) is 20.4. The number of hydrogen-bond donors (Lipinski definition) is 0. The first-order chi connectivity index (χ1) is 12.0. The molecule has 0 aliphatic heterocycles. The van der Waals surface area contributed by atoms with Crippen molar-refractivity contribution in [3.63, 3.8) is 0 Å². The van der Waals surface area contributed by atoms with Crippen LogP contribution in [0.5, 0.6) is 0 Å². The van der Waals surface area contributed by atoms with Crippen molar-refractivity contribution in [2.24, 2.45) is 0 Å². The molecule has 26 heavy (non-hydrogen) atoms. The summed E-state index contributed by atoms with van der Waals surface area (Å²) in [5.74, 6) is 0. The van der Waals surface area contributed by atoms with Crippen LogP contribution < -0.4 is 0 Å². The molecule has 0 saturated carbocycles. The molecule has 0 atom stereocenters. The summed E-state index contributed by atoms with van der Waals surface area (Å²) >= 11 is 0. The van der Waals surface area contributed by atoms with Crippen molar-refractivity contribution in [1.29, 1.82) is 0 Å². The molecule has 4 nitrogen and oxygen atoms in total. The van der Waals surface area contributed by atoms with Crippen molar-refractivity contribution < 1.29 is 17.7 Å². The Bertz CT molecular complexity index is 306. The summed E-state index contributed by atoms with van der Waals surface area (Å²) in [6.07, 6.45) is 3.13. The number of rotatable bonds is 15. The molecule has 158 valence electrons. The fraction of sp³-hybridized carbons (Fsp3) is 1.00. The van der Waals surface area contributed by atoms with E-state index in [1.807, 2.05) is 0 Å². The van der Waals surface area contributed by atoms with Crippen LogP contribution >= 0.6 is 0 Å². The van der Waals surface area contributed by atoms with Crippen LogP contribution in [0, 0.1) is 0 Å². The molecule has 0 aromatic heterocycles. The highest BCUT2D eigenvalue weighted by atomic mass is 28.4. The van der Waals surface area contributed by atoms with E-state index in [4.69, 9.17) is 17.7 Å². The molecule has 0 aliphatic rings. The minimum Gasteiger partial charge on any atom is -0.392 e. The summed E-state index contributed by atoms with van der Waals surface area (Å²) in [6, 6.07) is 4.12. The molecule has 0 rings (SSSR count). The highest BCUT2D eigenvalue weighted by molar-refractivity contribution is 6.68. The Morgan fingerprint density at radius 1 is 0.500 bits per heavy atom. The van der Waals surface area contributed by atoms with Gasteiger partial charge in [-0.25, -0.2) is 0 Å². The third-order valence-corrected chi connectivity index (χ3v) is 12.2. The van der Waals surface area contributed by atoms with Gasteiger partial charge < -0.3 is 17.7 Å². The average molecular weight is 407 g/mol. The molecule has 0 saturated heterocycles. The summed E-state index contributed by atoms with van der Waals surface area (Å²) in [6.45, 7) is 21.3. The smallest absolute Gasteiger partial charge is 0.338 e. The summed E-state index contributed by atoms with van der Waals surface area (Å²) in [5.41, 5.74) is 0. The van der Waals surface area contributed by atoms with Crippen molar-refractivity contribution in [2.75, 3.05) is 0 Å². The lowest BCUT2D eigenvalue weighted by Gasteiger charge is -2.35. The van der Waals surface area contributed by atoms with Gasteiger partial charge in [0.25, 0.3) is 0 Å². The van der Waals surface area contributed by atoms with Gasteiger partial charge in [-0.05, 0) is 79.6 Å². The van der Waals surface area contributed by atoms with Gasteiger partial charge in [0.1, 0.15) is 0 Å². The molecule has 0 bridgehead atoms. The van der Waals surface area contributed by atoms with E-state index in [1.54, 1.807) is 0 Å². The lowest BCUT2D eigenvalue weighted by Crippen LogP contribution is -2.46. The van der Waals surface area contributed by atoms with Crippen molar-refractivity contribution >= 4 is 17.1 Å². The van der Waals surface area contributed by atoms with Gasteiger partial charge in [-0.2, -0.15) is 0 Å². The molecule has 0 aromatic rings. The molecule has 0 aromatic carbocycles. The number of hydrogen-bond acceptors (Lipinski definition) is 4. The third kappa shape index (κ3) is 10.6. The van der Waals surface area contributed by atoms with E-state index >= 15 is 0 Å². The van der Waals surface area contributed by atoms with Gasteiger partial charge in [0.2, 0.25) is 0 Å². The largest absolute Gasteiger partial charge is 0.392 e. The van der Waals surface area contributed by atoms with Crippen LogP contribution in [0.4, 0.5) is 0 Å². The van der Waals surface area contributed by atoms with Crippen LogP contribution in [0.15, 0.2) is 0 Å². The topological polar surface area (TPSA) is 36.9 Å². The van der Waals surface area contributed by atoms with Gasteiger partial charge in [-0.1, -0.05) is 26.7 Å². The van der Waals surface area contributed by atoms with E-state index < -0.39 is 17.1 Å². The molecule has 0 unspecified atom stereocenters. The summed E-state index contributed by atoms with van der Waals surface area (Å²) in [5, 5.41) is 0. The molecule has 0 spiro atoms. The Morgan fingerprint density at radius 2 is 0.731 bits per heavy atom. The summed E-state index contributed by atoms with van der Waals surface area (Å²) in [7, 11) is -4.26. The summed E-state index contributed by atoms with van der Waals surface area (Å²) < 4.78 is 25.4. The molecule has 0 heterocycles. The van der Waals surface area contributed by atoms with Crippen molar-refractivity contribution in [3.8, 4) is 0 Å². The van der Waals surface area contributed by atoms with Gasteiger partial charge in [0, 0.05) is 24.4 Å². The zero-order valence-corrected chi connectivity index (χ0v) is 21.2. The van der Waals surface area contributed by atoms with Crippen molar-refractivity contribution in [1.82, 2.24) is 0 Å². The quantitative estimate of drug-likeness (QED) is 0.233. The second-order valence-electron chi connectivity index (χ2n) is 8.40. The van der Waals surface area contributed by atoms with Crippen LogP contribution in [0.25, 0.3) is 0 Å². The first-order valence-electron chi connectivity index (χ1n) is 10.7. The predicted octanol–water partition coefficient (Wildman–Crippen LogP) is 6.39. The van der Waals surface area contributed by atoms with Gasteiger partial charge >= 0.3 is 17.1 Å². The van der Waals surface area contributed by atoms with Crippen LogP contribution in [-0.2, 0) is 17.7 Å². The normalized spacial score (nSPS) is 13.6. The van der Waals surface area contributed by atoms with Crippen molar-refractivity contribution in [2.45, 2.75) is 131 Å². The van der Waals surface area contributed by atoms with Crippen LogP contribution in [0.2, 0.25) is 24.2 Å². The molecule has 0 radical (unpaired) electrons. The molecule has 6 heteroatoms. The van der Waals surface area contributed by atoms with Crippen LogP contribution in [0.3, 0.4) is 0 Å². The molecule has 0 amide bonds. The predicted molar refractivity (Wildman–Crippen MR) is 116 cm³/mol. The third-order valence-electron chi connectivity index (χ3n) is 4.24. The van der Waals surface area contributed by atoms with Gasteiger partial charge in [-0.15, -0.1) is 0 Å². The van der Waals surface area contributed by atoms with E-state index in [2.05, 4.69) is 69.2 Å². The zero-order valence-electron chi connectivity index (χ0n) is 19.2. The Hall–Kier alpha value is 0.274. The van der Waals surface area contributed by atoms with Gasteiger partial charge in [-0.3, -0.25) is 0 Å². The minimum absolute atomic E-state index is 0.220. The maximum absolute atomic E-state index is 6.35. The Kier molecular flexibility index (Phi) is 12.8. The van der Waals surface area contributed by atoms with Crippen LogP contribution in [-0.4, -0.2) is 41.5 Å². The molecule has 0 fully saturated rings. The maximum Gasteiger partial charge on any atom is 0.338 e. The first kappa shape index (κ1) is 26.3. The van der Waals surface area contributed by atoms with Gasteiger partial charge in [0.15, 0.2) is 0 Å². The summed E-state index contributed by atoms with van der Waals surface area (Å²) in [4.78, 5) is 0. The van der Waals surface area contributed by atoms with Crippen molar-refractivity contribution in [3.05, 3.63) is 0 Å². The second-order valence-corrected chi connectivity index (χ2v) is 15.4. The molecule has 0 N–H and O–H groups in total. The molecular weight excluding hydrogens is 360 g/mol. The molecular formula is C20H46O4Si2. The fourth-order valence-electron chi connectivity index (χ4n) is 3.49. The lowest BCUT2D eigenvalue weighted by atomic mass is 10.4. The average Bonchev–Trinajstić information content (AvgIpc) is 2.48. The van der Waals surface area contributed by atoms with E-state index in [0.717, 1.165) is 37.0 Å². The number of unbranched alkanes of at least 4 members (excludes halogenated alkanes) is 1. The van der Waals surface area contributed by atoms with Crippen LogP contribution in [0.1, 0.15) is 82.1 Å². The minimum atomic E-state index is -2.13. The van der Waals surface area contributed by atoms with E-state index in [1.165, 1.54) is 0 Å². The standard InChI is InChI=1S/C20H46O4Si2/c1-11-25(21-17(3)4,22-18(5)6)15-13-14-16-26(12-2,23-19(7)8)24-20(9)10/h17-20H,11-16H2,1-10H3. The maximum atomic E-state index is 6.35. The Labute approximate surface area is 165 Å². The highest BCUT2D eigenvalue weighted by Crippen LogP contribution is 2.29. The van der Waals surface area contributed by atoms with E-state index in [-0.39, 0.29) is 24.4 Å². The Morgan fingerprint density at radius 3 is 0.885 bits per heavy atom. The Balaban J connectivity index is 4.88. The highest BCUT2D eigenvalue weighted by Gasteiger charge is 2.40. The lowest BCUT2D eigenvalue weighted by molar-refractivity contribution is 0.101. The first-order valence-corrected chi connectivity index (χ1v) is 15.2.